The Morgan fingerprint density at radius 3 is 2.70 bits per heavy atom. The van der Waals surface area contributed by atoms with E-state index < -0.39 is 0 Å². The number of esters is 1. The highest BCUT2D eigenvalue weighted by molar-refractivity contribution is 5.90. The van der Waals surface area contributed by atoms with E-state index in [-0.39, 0.29) is 11.4 Å². The lowest BCUT2D eigenvalue weighted by Gasteiger charge is -2.30. The molecule has 0 saturated heterocycles. The number of rotatable bonds is 8. The Labute approximate surface area is 121 Å². The molecule has 0 fully saturated rings. The van der Waals surface area contributed by atoms with Gasteiger partial charge in [-0.15, -0.1) is 0 Å². The SMILES string of the molecule is CCOC(=O)c1ccoc1CN(CC)CC(C)(C)CN. The smallest absolute Gasteiger partial charge is 0.341 e. The van der Waals surface area contributed by atoms with Gasteiger partial charge in [0.25, 0.3) is 0 Å². The van der Waals surface area contributed by atoms with E-state index in [1.54, 1.807) is 13.0 Å². The highest BCUT2D eigenvalue weighted by Gasteiger charge is 2.22. The summed E-state index contributed by atoms with van der Waals surface area (Å²) in [5.41, 5.74) is 6.32. The van der Waals surface area contributed by atoms with Gasteiger partial charge in [0.15, 0.2) is 0 Å². The van der Waals surface area contributed by atoms with Crippen LogP contribution in [0.4, 0.5) is 0 Å². The molecule has 5 nitrogen and oxygen atoms in total. The highest BCUT2D eigenvalue weighted by atomic mass is 16.5. The van der Waals surface area contributed by atoms with Gasteiger partial charge in [-0.1, -0.05) is 20.8 Å². The third-order valence-electron chi connectivity index (χ3n) is 3.26. The van der Waals surface area contributed by atoms with E-state index in [0.717, 1.165) is 13.1 Å². The predicted octanol–water partition coefficient (Wildman–Crippen LogP) is 2.26. The Hall–Kier alpha value is -1.33. The van der Waals surface area contributed by atoms with E-state index in [1.807, 2.05) is 0 Å². The van der Waals surface area contributed by atoms with E-state index >= 15 is 0 Å². The molecule has 0 saturated carbocycles. The van der Waals surface area contributed by atoms with E-state index in [9.17, 15) is 4.79 Å². The van der Waals surface area contributed by atoms with Gasteiger partial charge >= 0.3 is 5.97 Å². The molecule has 20 heavy (non-hydrogen) atoms. The Balaban J connectivity index is 2.76. The third kappa shape index (κ3) is 4.65. The standard InChI is InChI=1S/C15H26N2O3/c1-5-17(11-15(3,4)10-16)9-13-12(7-8-20-13)14(18)19-6-2/h7-8H,5-6,9-11,16H2,1-4H3. The monoisotopic (exact) mass is 282 g/mol. The summed E-state index contributed by atoms with van der Waals surface area (Å²) in [6.07, 6.45) is 1.53. The van der Waals surface area contributed by atoms with E-state index in [4.69, 9.17) is 14.9 Å². The molecule has 0 aliphatic heterocycles. The summed E-state index contributed by atoms with van der Waals surface area (Å²) in [7, 11) is 0. The Morgan fingerprint density at radius 1 is 1.45 bits per heavy atom. The molecule has 5 heteroatoms. The van der Waals surface area contributed by atoms with Crippen molar-refractivity contribution in [2.24, 2.45) is 11.1 Å². The minimum absolute atomic E-state index is 0.0344. The number of furan rings is 1. The molecular formula is C15H26N2O3. The molecule has 0 aliphatic rings. The van der Waals surface area contributed by atoms with Crippen molar-refractivity contribution in [1.82, 2.24) is 4.90 Å². The molecule has 0 atom stereocenters. The van der Waals surface area contributed by atoms with Gasteiger partial charge in [-0.3, -0.25) is 4.90 Å². The van der Waals surface area contributed by atoms with Crippen molar-refractivity contribution in [2.75, 3.05) is 26.2 Å². The van der Waals surface area contributed by atoms with Crippen LogP contribution in [0.3, 0.4) is 0 Å². The van der Waals surface area contributed by atoms with Gasteiger partial charge in [0.05, 0.1) is 19.4 Å². The molecule has 0 amide bonds. The summed E-state index contributed by atoms with van der Waals surface area (Å²) < 4.78 is 10.5. The lowest BCUT2D eigenvalue weighted by Crippen LogP contribution is -2.38. The number of carbonyl (C=O) groups is 1. The van der Waals surface area contributed by atoms with Crippen LogP contribution >= 0.6 is 0 Å². The normalized spacial score (nSPS) is 11.9. The molecular weight excluding hydrogens is 256 g/mol. The van der Waals surface area contributed by atoms with Crippen molar-refractivity contribution in [3.63, 3.8) is 0 Å². The Morgan fingerprint density at radius 2 is 2.15 bits per heavy atom. The van der Waals surface area contributed by atoms with Crippen LogP contribution in [-0.4, -0.2) is 37.1 Å². The first-order valence-electron chi connectivity index (χ1n) is 7.09. The first-order valence-corrected chi connectivity index (χ1v) is 7.09. The van der Waals surface area contributed by atoms with Crippen molar-refractivity contribution in [2.45, 2.75) is 34.2 Å². The van der Waals surface area contributed by atoms with E-state index in [2.05, 4.69) is 25.7 Å². The lowest BCUT2D eigenvalue weighted by molar-refractivity contribution is 0.0521. The number of hydrogen-bond acceptors (Lipinski definition) is 5. The van der Waals surface area contributed by atoms with Crippen molar-refractivity contribution >= 4 is 5.97 Å². The zero-order chi connectivity index (χ0) is 15.2. The van der Waals surface area contributed by atoms with Crippen molar-refractivity contribution < 1.29 is 13.9 Å². The fourth-order valence-electron chi connectivity index (χ4n) is 2.01. The summed E-state index contributed by atoms with van der Waals surface area (Å²) in [4.78, 5) is 14.0. The molecule has 1 aromatic heterocycles. The number of hydrogen-bond donors (Lipinski definition) is 1. The molecule has 0 bridgehead atoms. The molecule has 0 aromatic carbocycles. The summed E-state index contributed by atoms with van der Waals surface area (Å²) in [5, 5.41) is 0. The quantitative estimate of drug-likeness (QED) is 0.741. The summed E-state index contributed by atoms with van der Waals surface area (Å²) in [5.74, 6) is 0.323. The maximum absolute atomic E-state index is 11.8. The maximum atomic E-state index is 11.8. The van der Waals surface area contributed by atoms with Gasteiger partial charge in [-0.05, 0) is 31.5 Å². The van der Waals surface area contributed by atoms with Crippen LogP contribution in [0.5, 0.6) is 0 Å². The van der Waals surface area contributed by atoms with Gasteiger partial charge in [-0.25, -0.2) is 4.79 Å². The molecule has 1 rings (SSSR count). The van der Waals surface area contributed by atoms with Gasteiger partial charge in [-0.2, -0.15) is 0 Å². The fourth-order valence-corrected chi connectivity index (χ4v) is 2.01. The van der Waals surface area contributed by atoms with Gasteiger partial charge in [0.2, 0.25) is 0 Å². The number of nitrogens with two attached hydrogens (primary N) is 1. The predicted molar refractivity (Wildman–Crippen MR) is 78.5 cm³/mol. The Kier molecular flexibility index (Phi) is 6.23. The number of nitrogens with zero attached hydrogens (tertiary/aromatic N) is 1. The second kappa shape index (κ2) is 7.45. The van der Waals surface area contributed by atoms with Crippen molar-refractivity contribution in [3.8, 4) is 0 Å². The van der Waals surface area contributed by atoms with Crippen molar-refractivity contribution in [3.05, 3.63) is 23.7 Å². The topological polar surface area (TPSA) is 68.7 Å². The van der Waals surface area contributed by atoms with Crippen LogP contribution in [-0.2, 0) is 11.3 Å². The highest BCUT2D eigenvalue weighted by Crippen LogP contribution is 2.19. The first-order chi connectivity index (χ1) is 9.43. The molecule has 1 heterocycles. The van der Waals surface area contributed by atoms with Gasteiger partial charge in [0, 0.05) is 6.54 Å². The molecule has 0 unspecified atom stereocenters. The van der Waals surface area contributed by atoms with Crippen LogP contribution in [0.15, 0.2) is 16.7 Å². The molecule has 0 radical (unpaired) electrons. The van der Waals surface area contributed by atoms with Gasteiger partial charge in [0.1, 0.15) is 11.3 Å². The summed E-state index contributed by atoms with van der Waals surface area (Å²) in [6, 6.07) is 1.66. The molecule has 0 aliphatic carbocycles. The number of carbonyl (C=O) groups excluding carboxylic acids is 1. The second-order valence-electron chi connectivity index (χ2n) is 5.65. The molecule has 2 N–H and O–H groups in total. The molecule has 114 valence electrons. The van der Waals surface area contributed by atoms with Gasteiger partial charge < -0.3 is 14.9 Å². The van der Waals surface area contributed by atoms with Crippen molar-refractivity contribution in [1.29, 1.82) is 0 Å². The largest absolute Gasteiger partial charge is 0.467 e. The van der Waals surface area contributed by atoms with Crippen LogP contribution in [0, 0.1) is 5.41 Å². The number of ether oxygens (including phenoxy) is 1. The fraction of sp³-hybridized carbons (Fsp3) is 0.667. The second-order valence-corrected chi connectivity index (χ2v) is 5.65. The van der Waals surface area contributed by atoms with Crippen LogP contribution in [0.1, 0.15) is 43.8 Å². The first kappa shape index (κ1) is 16.7. The molecule has 0 spiro atoms. The van der Waals surface area contributed by atoms with E-state index in [1.165, 1.54) is 6.26 Å². The zero-order valence-electron chi connectivity index (χ0n) is 12.9. The molecule has 1 aromatic rings. The summed E-state index contributed by atoms with van der Waals surface area (Å²) in [6.45, 7) is 11.4. The van der Waals surface area contributed by atoms with Crippen LogP contribution in [0.25, 0.3) is 0 Å². The van der Waals surface area contributed by atoms with E-state index in [0.29, 0.717) is 31.0 Å². The third-order valence-corrected chi connectivity index (χ3v) is 3.26. The minimum atomic E-state index is -0.328. The maximum Gasteiger partial charge on any atom is 0.341 e. The van der Waals surface area contributed by atoms with Crippen LogP contribution < -0.4 is 5.73 Å². The zero-order valence-corrected chi connectivity index (χ0v) is 12.9. The average molecular weight is 282 g/mol. The summed E-state index contributed by atoms with van der Waals surface area (Å²) >= 11 is 0. The average Bonchev–Trinajstić information content (AvgIpc) is 2.86. The Bertz CT molecular complexity index is 427. The minimum Gasteiger partial charge on any atom is -0.467 e. The lowest BCUT2D eigenvalue weighted by atomic mass is 9.93. The van der Waals surface area contributed by atoms with Crippen LogP contribution in [0.2, 0.25) is 0 Å².